The number of ether oxygens (including phenoxy) is 11. The maximum Gasteiger partial charge on any atom is 0.338 e. The second kappa shape index (κ2) is 17.9. The zero-order chi connectivity index (χ0) is 41.9. The zero-order valence-corrected chi connectivity index (χ0v) is 33.7. The molecule has 60 heavy (non-hydrogen) atoms. The number of carbonyl (C=O) groups is 3. The van der Waals surface area contributed by atoms with E-state index in [1.54, 1.807) is 119 Å². The molecule has 0 spiro atoms. The molecular formula is C46H48O14. The normalized spacial score (nSPS) is 30.1. The van der Waals surface area contributed by atoms with Gasteiger partial charge in [0.25, 0.3) is 0 Å². The van der Waals surface area contributed by atoms with Gasteiger partial charge in [0.1, 0.15) is 43.2 Å². The van der Waals surface area contributed by atoms with E-state index in [0.717, 1.165) is 5.56 Å². The van der Waals surface area contributed by atoms with E-state index in [1.165, 1.54) is 0 Å². The van der Waals surface area contributed by atoms with Crippen LogP contribution in [-0.2, 0) is 58.7 Å². The Morgan fingerprint density at radius 2 is 1.00 bits per heavy atom. The summed E-state index contributed by atoms with van der Waals surface area (Å²) < 4.78 is 69.5. The molecule has 10 atom stereocenters. The molecule has 0 bridgehead atoms. The van der Waals surface area contributed by atoms with Crippen LogP contribution in [0.1, 0.15) is 64.3 Å². The van der Waals surface area contributed by atoms with Gasteiger partial charge in [-0.2, -0.15) is 0 Å². The molecule has 6 unspecified atom stereocenters. The molecule has 4 aromatic carbocycles. The molecule has 8 rings (SSSR count). The molecule has 316 valence electrons. The maximum atomic E-state index is 14.0. The Morgan fingerprint density at radius 1 is 0.500 bits per heavy atom. The Kier molecular flexibility index (Phi) is 12.4. The molecular weight excluding hydrogens is 776 g/mol. The summed E-state index contributed by atoms with van der Waals surface area (Å²) in [7, 11) is 0. The van der Waals surface area contributed by atoms with Gasteiger partial charge in [0.2, 0.25) is 0 Å². The predicted octanol–water partition coefficient (Wildman–Crippen LogP) is 6.02. The minimum absolute atomic E-state index is 0.0287. The van der Waals surface area contributed by atoms with Crippen LogP contribution in [-0.4, -0.2) is 104 Å². The van der Waals surface area contributed by atoms with Gasteiger partial charge in [-0.25, -0.2) is 14.4 Å². The van der Waals surface area contributed by atoms with Gasteiger partial charge in [0.15, 0.2) is 36.4 Å². The monoisotopic (exact) mass is 824 g/mol. The highest BCUT2D eigenvalue weighted by atomic mass is 16.9. The Balaban J connectivity index is 1.14. The summed E-state index contributed by atoms with van der Waals surface area (Å²) in [6.07, 6.45) is -9.83. The standard InChI is InChI=1S/C46H48O14/c1-45(2)57-35-33(54-44-39(37(35)58-45)59-46(3,4)60-44)27-52-43-38(50-25-28-17-9-5-10-18-28)36(56-42(49)31-23-15-8-16-24-31)34(55-41(48)30-21-13-7-14-22-30)32(53-43)26-51-40(47)29-19-11-6-12-20-29/h5-24,32-39,43-44H,25-27H2,1-4H3/t32?,33?,34-,35+,36?,37?,38?,39?,43-,44-/m1/s1. The van der Waals surface area contributed by atoms with Gasteiger partial charge in [-0.05, 0) is 69.7 Å². The average molecular weight is 825 g/mol. The minimum Gasteiger partial charge on any atom is -0.459 e. The zero-order valence-electron chi connectivity index (χ0n) is 33.7. The molecule has 4 aliphatic rings. The summed E-state index contributed by atoms with van der Waals surface area (Å²) in [4.78, 5) is 41.2. The molecule has 4 saturated heterocycles. The number of fused-ring (bicyclic) bond motifs is 3. The predicted molar refractivity (Wildman–Crippen MR) is 210 cm³/mol. The van der Waals surface area contributed by atoms with Crippen LogP contribution < -0.4 is 0 Å². The third kappa shape index (κ3) is 9.62. The van der Waals surface area contributed by atoms with Crippen molar-refractivity contribution < 1.29 is 66.5 Å². The lowest BCUT2D eigenvalue weighted by molar-refractivity contribution is -0.322. The quantitative estimate of drug-likeness (QED) is 0.114. The van der Waals surface area contributed by atoms with Gasteiger partial charge in [-0.1, -0.05) is 84.9 Å². The Hall–Kier alpha value is -5.03. The van der Waals surface area contributed by atoms with E-state index in [-0.39, 0.29) is 24.3 Å². The van der Waals surface area contributed by atoms with Crippen LogP contribution in [0.3, 0.4) is 0 Å². The molecule has 0 aliphatic carbocycles. The van der Waals surface area contributed by atoms with Gasteiger partial charge in [-0.3, -0.25) is 0 Å². The van der Waals surface area contributed by atoms with Crippen LogP contribution in [0.25, 0.3) is 0 Å². The minimum atomic E-state index is -1.37. The Bertz CT molecular complexity index is 2060. The summed E-state index contributed by atoms with van der Waals surface area (Å²) in [6.45, 7) is 6.66. The molecule has 4 heterocycles. The first-order valence-corrected chi connectivity index (χ1v) is 20.0. The van der Waals surface area contributed by atoms with Gasteiger partial charge in [0, 0.05) is 0 Å². The lowest BCUT2D eigenvalue weighted by Crippen LogP contribution is -2.63. The van der Waals surface area contributed by atoms with Crippen molar-refractivity contribution in [1.82, 2.24) is 0 Å². The van der Waals surface area contributed by atoms with Crippen molar-refractivity contribution in [2.24, 2.45) is 0 Å². The molecule has 0 amide bonds. The van der Waals surface area contributed by atoms with Crippen LogP contribution in [0, 0.1) is 0 Å². The topological polar surface area (TPSA) is 153 Å². The lowest BCUT2D eigenvalue weighted by atomic mass is 9.97. The summed E-state index contributed by atoms with van der Waals surface area (Å²) in [5.41, 5.74) is 1.56. The number of esters is 3. The first-order chi connectivity index (χ1) is 28.9. The van der Waals surface area contributed by atoms with Crippen molar-refractivity contribution in [3.8, 4) is 0 Å². The van der Waals surface area contributed by atoms with E-state index < -0.39 is 97.5 Å². The highest BCUT2D eigenvalue weighted by Crippen LogP contribution is 2.44. The molecule has 4 aliphatic heterocycles. The van der Waals surface area contributed by atoms with Gasteiger partial charge in [0.05, 0.1) is 29.9 Å². The third-order valence-corrected chi connectivity index (χ3v) is 10.4. The molecule has 4 aromatic rings. The fourth-order valence-corrected chi connectivity index (χ4v) is 7.73. The second-order valence-electron chi connectivity index (χ2n) is 15.8. The Labute approximate surface area is 347 Å². The smallest absolute Gasteiger partial charge is 0.338 e. The number of hydrogen-bond donors (Lipinski definition) is 0. The van der Waals surface area contributed by atoms with Crippen LogP contribution in [0.4, 0.5) is 0 Å². The maximum absolute atomic E-state index is 14.0. The van der Waals surface area contributed by atoms with Gasteiger partial charge >= 0.3 is 17.9 Å². The van der Waals surface area contributed by atoms with E-state index in [9.17, 15) is 14.4 Å². The van der Waals surface area contributed by atoms with Crippen molar-refractivity contribution in [3.05, 3.63) is 144 Å². The van der Waals surface area contributed by atoms with Crippen molar-refractivity contribution in [1.29, 1.82) is 0 Å². The van der Waals surface area contributed by atoms with E-state index >= 15 is 0 Å². The van der Waals surface area contributed by atoms with Gasteiger partial charge < -0.3 is 52.1 Å². The number of benzene rings is 4. The molecule has 0 N–H and O–H groups in total. The highest BCUT2D eigenvalue weighted by Gasteiger charge is 2.61. The summed E-state index contributed by atoms with van der Waals surface area (Å²) in [5.74, 6) is -4.01. The van der Waals surface area contributed by atoms with E-state index in [2.05, 4.69) is 0 Å². The lowest BCUT2D eigenvalue weighted by Gasteiger charge is -2.45. The molecule has 0 saturated carbocycles. The van der Waals surface area contributed by atoms with Crippen LogP contribution in [0.5, 0.6) is 0 Å². The van der Waals surface area contributed by atoms with Crippen molar-refractivity contribution in [2.45, 2.75) is 107 Å². The second-order valence-corrected chi connectivity index (χ2v) is 15.8. The molecule has 0 radical (unpaired) electrons. The van der Waals surface area contributed by atoms with Crippen LogP contribution in [0.2, 0.25) is 0 Å². The van der Waals surface area contributed by atoms with Crippen molar-refractivity contribution in [2.75, 3.05) is 13.2 Å². The van der Waals surface area contributed by atoms with Gasteiger partial charge in [-0.15, -0.1) is 0 Å². The Morgan fingerprint density at radius 3 is 1.60 bits per heavy atom. The van der Waals surface area contributed by atoms with E-state index in [0.29, 0.717) is 5.56 Å². The van der Waals surface area contributed by atoms with Crippen LogP contribution in [0.15, 0.2) is 121 Å². The third-order valence-electron chi connectivity index (χ3n) is 10.4. The largest absolute Gasteiger partial charge is 0.459 e. The SMILES string of the molecule is CC1(C)OC2C3OC(C)(C)O[C@H]3C(CO[C@@H]3OC(COC(=O)c4ccccc4)[C@@H](OC(=O)c4ccccc4)C(OC(=O)c4ccccc4)C3OCc3ccccc3)O[C@@H]2O1. The number of hydrogen-bond acceptors (Lipinski definition) is 14. The molecule has 4 fully saturated rings. The molecule has 14 heteroatoms. The van der Waals surface area contributed by atoms with E-state index in [1.807, 2.05) is 30.3 Å². The summed E-state index contributed by atoms with van der Waals surface area (Å²) in [6, 6.07) is 34.5. The van der Waals surface area contributed by atoms with Crippen molar-refractivity contribution >= 4 is 17.9 Å². The molecule has 0 aromatic heterocycles. The fourth-order valence-electron chi connectivity index (χ4n) is 7.73. The summed E-state index contributed by atoms with van der Waals surface area (Å²) >= 11 is 0. The number of rotatable bonds is 13. The van der Waals surface area contributed by atoms with E-state index in [4.69, 9.17) is 52.1 Å². The average Bonchev–Trinajstić information content (AvgIpc) is 3.76. The highest BCUT2D eigenvalue weighted by molar-refractivity contribution is 5.91. The first-order valence-electron chi connectivity index (χ1n) is 20.0. The van der Waals surface area contributed by atoms with Crippen molar-refractivity contribution in [3.63, 3.8) is 0 Å². The first kappa shape index (κ1) is 41.7. The summed E-state index contributed by atoms with van der Waals surface area (Å²) in [5, 5.41) is 0. The molecule has 14 nitrogen and oxygen atoms in total. The number of carbonyl (C=O) groups excluding carboxylic acids is 3. The fraction of sp³-hybridized carbons (Fsp3) is 0.413. The van der Waals surface area contributed by atoms with Crippen LogP contribution >= 0.6 is 0 Å².